The molecule has 0 saturated heterocycles. The van der Waals surface area contributed by atoms with Crippen LogP contribution in [0, 0.1) is 5.41 Å². The summed E-state index contributed by atoms with van der Waals surface area (Å²) < 4.78 is 0. The fourth-order valence-corrected chi connectivity index (χ4v) is 1.67. The highest BCUT2D eigenvalue weighted by atomic mass is 16.4. The number of rotatable bonds is 6. The Hall–Kier alpha value is -1.79. The smallest absolute Gasteiger partial charge is 0.326 e. The summed E-state index contributed by atoms with van der Waals surface area (Å²) in [6.07, 6.45) is 0. The normalized spacial score (nSPS) is 12.4. The van der Waals surface area contributed by atoms with Crippen molar-refractivity contribution in [1.82, 2.24) is 15.5 Å². The Morgan fingerprint density at radius 2 is 1.65 bits per heavy atom. The van der Waals surface area contributed by atoms with Crippen LogP contribution in [0.2, 0.25) is 0 Å². The lowest BCUT2D eigenvalue weighted by Crippen LogP contribution is -2.53. The maximum atomic E-state index is 11.7. The third kappa shape index (κ3) is 5.90. The van der Waals surface area contributed by atoms with E-state index in [4.69, 9.17) is 5.11 Å². The van der Waals surface area contributed by atoms with E-state index in [1.54, 1.807) is 25.7 Å². The van der Waals surface area contributed by atoms with Gasteiger partial charge in [-0.1, -0.05) is 20.8 Å². The van der Waals surface area contributed by atoms with Crippen molar-refractivity contribution in [2.75, 3.05) is 19.6 Å². The molecule has 0 heterocycles. The molecule has 0 rings (SSSR count). The summed E-state index contributed by atoms with van der Waals surface area (Å²) in [5.74, 6) is -1.31. The molecule has 3 N–H and O–H groups in total. The van der Waals surface area contributed by atoms with Crippen LogP contribution in [0.3, 0.4) is 0 Å². The van der Waals surface area contributed by atoms with Gasteiger partial charge in [-0.25, -0.2) is 9.59 Å². The molecule has 0 aromatic rings. The Morgan fingerprint density at radius 1 is 1.15 bits per heavy atom. The summed E-state index contributed by atoms with van der Waals surface area (Å²) in [6.45, 7) is 9.83. The summed E-state index contributed by atoms with van der Waals surface area (Å²) in [5, 5.41) is 13.8. The predicted molar refractivity (Wildman–Crippen MR) is 75.3 cm³/mol. The molecular formula is C13H25N3O4. The number of carbonyl (C=O) groups excluding carboxylic acids is 2. The Morgan fingerprint density at radius 3 is 2.00 bits per heavy atom. The average Bonchev–Trinajstić information content (AvgIpc) is 2.33. The lowest BCUT2D eigenvalue weighted by atomic mass is 9.87. The molecule has 0 aliphatic heterocycles. The largest absolute Gasteiger partial charge is 0.480 e. The van der Waals surface area contributed by atoms with Gasteiger partial charge in [0.25, 0.3) is 0 Å². The van der Waals surface area contributed by atoms with Gasteiger partial charge in [0, 0.05) is 13.1 Å². The number of aliphatic carboxylic acids is 1. The van der Waals surface area contributed by atoms with E-state index in [9.17, 15) is 14.4 Å². The number of hydrogen-bond acceptors (Lipinski definition) is 3. The topological polar surface area (TPSA) is 98.7 Å². The molecule has 7 nitrogen and oxygen atoms in total. The van der Waals surface area contributed by atoms with Crippen LogP contribution in [-0.2, 0) is 9.59 Å². The number of urea groups is 1. The highest BCUT2D eigenvalue weighted by Gasteiger charge is 2.32. The molecular weight excluding hydrogens is 262 g/mol. The van der Waals surface area contributed by atoms with Crippen LogP contribution in [-0.4, -0.2) is 53.6 Å². The third-order valence-corrected chi connectivity index (χ3v) is 2.90. The number of carbonyl (C=O) groups is 3. The molecule has 1 atom stereocenters. The number of carboxylic acid groups (broad SMARTS) is 1. The molecule has 0 saturated carbocycles. The number of nitrogens with zero attached hydrogens (tertiary/aromatic N) is 1. The van der Waals surface area contributed by atoms with Gasteiger partial charge in [0.2, 0.25) is 5.91 Å². The molecule has 3 amide bonds. The Labute approximate surface area is 119 Å². The van der Waals surface area contributed by atoms with E-state index < -0.39 is 23.5 Å². The lowest BCUT2D eigenvalue weighted by Gasteiger charge is -2.28. The van der Waals surface area contributed by atoms with Crippen molar-refractivity contribution in [2.45, 2.75) is 40.7 Å². The highest BCUT2D eigenvalue weighted by molar-refractivity contribution is 5.86. The van der Waals surface area contributed by atoms with Gasteiger partial charge in [-0.15, -0.1) is 0 Å². The third-order valence-electron chi connectivity index (χ3n) is 2.90. The maximum Gasteiger partial charge on any atom is 0.326 e. The first-order valence-electron chi connectivity index (χ1n) is 6.68. The van der Waals surface area contributed by atoms with Crippen LogP contribution in [0.5, 0.6) is 0 Å². The average molecular weight is 287 g/mol. The standard InChI is InChI=1S/C13H25N3O4/c1-6-16(7-2)9(17)8-14-12(20)15-10(11(18)19)13(3,4)5/h10H,6-8H2,1-5H3,(H,18,19)(H2,14,15,20)/t10-/m1/s1. The van der Waals surface area contributed by atoms with Gasteiger partial charge in [0.15, 0.2) is 0 Å². The number of carboxylic acids is 1. The van der Waals surface area contributed by atoms with Crippen LogP contribution in [0.25, 0.3) is 0 Å². The number of nitrogens with one attached hydrogen (secondary N) is 2. The van der Waals surface area contributed by atoms with Crippen LogP contribution < -0.4 is 10.6 Å². The van der Waals surface area contributed by atoms with Gasteiger partial charge in [-0.2, -0.15) is 0 Å². The van der Waals surface area contributed by atoms with Crippen LogP contribution in [0.15, 0.2) is 0 Å². The van der Waals surface area contributed by atoms with Crippen LogP contribution in [0.4, 0.5) is 4.79 Å². The first kappa shape index (κ1) is 18.2. The number of likely N-dealkylation sites (N-methyl/N-ethyl adjacent to an activating group) is 1. The summed E-state index contributed by atoms with van der Waals surface area (Å²) in [6, 6.07) is -1.68. The van der Waals surface area contributed by atoms with Gasteiger partial charge < -0.3 is 20.6 Å². The van der Waals surface area contributed by atoms with Gasteiger partial charge in [0.1, 0.15) is 6.04 Å². The molecule has 0 radical (unpaired) electrons. The van der Waals surface area contributed by atoms with E-state index >= 15 is 0 Å². The first-order chi connectivity index (χ1) is 9.13. The minimum atomic E-state index is -1.11. The molecule has 0 unspecified atom stereocenters. The van der Waals surface area contributed by atoms with Crippen molar-refractivity contribution in [3.8, 4) is 0 Å². The molecule has 0 aliphatic carbocycles. The van der Waals surface area contributed by atoms with Gasteiger partial charge >= 0.3 is 12.0 Å². The number of amides is 3. The summed E-state index contributed by atoms with van der Waals surface area (Å²) in [5.41, 5.74) is -0.619. The van der Waals surface area contributed by atoms with Crippen molar-refractivity contribution < 1.29 is 19.5 Å². The van der Waals surface area contributed by atoms with Gasteiger partial charge in [-0.3, -0.25) is 4.79 Å². The lowest BCUT2D eigenvalue weighted by molar-refractivity contribution is -0.141. The SMILES string of the molecule is CCN(CC)C(=O)CNC(=O)N[C@H](C(=O)O)C(C)(C)C. The minimum Gasteiger partial charge on any atom is -0.480 e. The minimum absolute atomic E-state index is 0.149. The molecule has 116 valence electrons. The second-order valence-corrected chi connectivity index (χ2v) is 5.53. The van der Waals surface area contributed by atoms with Crippen LogP contribution in [0.1, 0.15) is 34.6 Å². The zero-order valence-corrected chi connectivity index (χ0v) is 12.8. The molecule has 0 aromatic heterocycles. The summed E-state index contributed by atoms with van der Waals surface area (Å²) in [7, 11) is 0. The zero-order valence-electron chi connectivity index (χ0n) is 12.8. The zero-order chi connectivity index (χ0) is 15.9. The Balaban J connectivity index is 4.42. The van der Waals surface area contributed by atoms with Crippen molar-refractivity contribution in [2.24, 2.45) is 5.41 Å². The van der Waals surface area contributed by atoms with Crippen LogP contribution >= 0.6 is 0 Å². The van der Waals surface area contributed by atoms with E-state index in [0.717, 1.165) is 0 Å². The van der Waals surface area contributed by atoms with E-state index in [1.807, 2.05) is 13.8 Å². The molecule has 0 fully saturated rings. The Kier molecular flexibility index (Phi) is 7.02. The summed E-state index contributed by atoms with van der Waals surface area (Å²) >= 11 is 0. The quantitative estimate of drug-likeness (QED) is 0.668. The van der Waals surface area contributed by atoms with Crippen molar-refractivity contribution in [3.63, 3.8) is 0 Å². The predicted octanol–water partition coefficient (Wildman–Crippen LogP) is 0.653. The molecule has 0 aliphatic rings. The van der Waals surface area contributed by atoms with E-state index in [0.29, 0.717) is 13.1 Å². The van der Waals surface area contributed by atoms with Crippen molar-refractivity contribution >= 4 is 17.9 Å². The molecule has 7 heteroatoms. The monoisotopic (exact) mass is 287 g/mol. The molecule has 0 spiro atoms. The van der Waals surface area contributed by atoms with E-state index in [2.05, 4.69) is 10.6 Å². The second kappa shape index (κ2) is 7.72. The molecule has 20 heavy (non-hydrogen) atoms. The maximum absolute atomic E-state index is 11.7. The van der Waals surface area contributed by atoms with E-state index in [-0.39, 0.29) is 12.5 Å². The van der Waals surface area contributed by atoms with Gasteiger partial charge in [0.05, 0.1) is 6.54 Å². The number of hydrogen-bond donors (Lipinski definition) is 3. The Bertz CT molecular complexity index is 359. The van der Waals surface area contributed by atoms with Gasteiger partial charge in [-0.05, 0) is 19.3 Å². The fraction of sp³-hybridized carbons (Fsp3) is 0.769. The highest BCUT2D eigenvalue weighted by Crippen LogP contribution is 2.19. The van der Waals surface area contributed by atoms with Crippen molar-refractivity contribution in [3.05, 3.63) is 0 Å². The molecule has 0 bridgehead atoms. The first-order valence-corrected chi connectivity index (χ1v) is 6.68. The second-order valence-electron chi connectivity index (χ2n) is 5.53. The fourth-order valence-electron chi connectivity index (χ4n) is 1.67. The molecule has 0 aromatic carbocycles. The van der Waals surface area contributed by atoms with Crippen molar-refractivity contribution in [1.29, 1.82) is 0 Å². The van der Waals surface area contributed by atoms with E-state index in [1.165, 1.54) is 0 Å². The summed E-state index contributed by atoms with van der Waals surface area (Å²) in [4.78, 5) is 36.0.